The van der Waals surface area contributed by atoms with Crippen molar-refractivity contribution in [1.29, 1.82) is 0 Å². The first-order valence-corrected chi connectivity index (χ1v) is 10.2. The van der Waals surface area contributed by atoms with Crippen LogP contribution < -0.4 is 10.3 Å². The normalized spacial score (nSPS) is 11.3. The second-order valence-electron chi connectivity index (χ2n) is 7.35. The van der Waals surface area contributed by atoms with E-state index < -0.39 is 0 Å². The summed E-state index contributed by atoms with van der Waals surface area (Å²) >= 11 is 0. The van der Waals surface area contributed by atoms with Crippen molar-refractivity contribution in [3.05, 3.63) is 83.2 Å². The maximum atomic E-state index is 12.9. The Morgan fingerprint density at radius 3 is 2.74 bits per heavy atom. The number of rotatable bonds is 6. The van der Waals surface area contributed by atoms with Gasteiger partial charge in [-0.25, -0.2) is 9.97 Å². The minimum absolute atomic E-state index is 0.198. The molecular formula is C24H21N5O2. The molecule has 7 nitrogen and oxygen atoms in total. The maximum absolute atomic E-state index is 12.9. The number of H-pyrrole nitrogens is 1. The van der Waals surface area contributed by atoms with E-state index in [1.165, 1.54) is 0 Å². The molecule has 0 aliphatic heterocycles. The quantitative estimate of drug-likeness (QED) is 0.453. The Labute approximate surface area is 178 Å². The second-order valence-corrected chi connectivity index (χ2v) is 7.35. The number of hydrogen-bond donors (Lipinski definition) is 1. The average molecular weight is 411 g/mol. The van der Waals surface area contributed by atoms with E-state index >= 15 is 0 Å². The summed E-state index contributed by atoms with van der Waals surface area (Å²) in [4.78, 5) is 29.1. The van der Waals surface area contributed by atoms with Gasteiger partial charge in [-0.2, -0.15) is 0 Å². The SMILES string of the molecule is CCCOc1ccccc1-c1nc2cc3c(cc2c(=O)[nH]1)ncn3Cc1ccncc1. The highest BCUT2D eigenvalue weighted by Crippen LogP contribution is 2.28. The highest BCUT2D eigenvalue weighted by molar-refractivity contribution is 5.93. The summed E-state index contributed by atoms with van der Waals surface area (Å²) < 4.78 is 7.90. The number of pyridine rings is 1. The molecule has 0 aliphatic carbocycles. The Hall–Kier alpha value is -4.00. The number of imidazole rings is 1. The van der Waals surface area contributed by atoms with Crippen LogP contribution in [-0.4, -0.2) is 31.1 Å². The van der Waals surface area contributed by atoms with Crippen molar-refractivity contribution in [2.45, 2.75) is 19.9 Å². The van der Waals surface area contributed by atoms with Gasteiger partial charge in [0.25, 0.3) is 5.56 Å². The molecule has 0 atom stereocenters. The monoisotopic (exact) mass is 411 g/mol. The molecule has 3 aromatic heterocycles. The van der Waals surface area contributed by atoms with E-state index in [2.05, 4.69) is 21.9 Å². The standard InChI is InChI=1S/C24H21N5O2/c1-2-11-31-22-6-4-3-5-17(22)23-27-19-13-21-20(12-18(19)24(30)28-23)26-15-29(21)14-16-7-9-25-10-8-16/h3-10,12-13,15H,2,11,14H2,1H3,(H,27,28,30). The number of aromatic nitrogens is 5. The highest BCUT2D eigenvalue weighted by atomic mass is 16.5. The van der Waals surface area contributed by atoms with Gasteiger partial charge in [0.15, 0.2) is 0 Å². The van der Waals surface area contributed by atoms with Gasteiger partial charge < -0.3 is 14.3 Å². The molecule has 0 amide bonds. The number of aromatic amines is 1. The fourth-order valence-corrected chi connectivity index (χ4v) is 3.63. The molecule has 0 saturated heterocycles. The predicted octanol–water partition coefficient (Wildman–Crippen LogP) is 4.17. The molecule has 3 heterocycles. The zero-order chi connectivity index (χ0) is 21.2. The summed E-state index contributed by atoms with van der Waals surface area (Å²) in [5, 5.41) is 0.511. The van der Waals surface area contributed by atoms with Gasteiger partial charge in [0.1, 0.15) is 11.6 Å². The summed E-state index contributed by atoms with van der Waals surface area (Å²) in [6, 6.07) is 15.3. The van der Waals surface area contributed by atoms with Crippen molar-refractivity contribution in [1.82, 2.24) is 24.5 Å². The second kappa shape index (κ2) is 8.02. The zero-order valence-electron chi connectivity index (χ0n) is 17.1. The van der Waals surface area contributed by atoms with Crippen molar-refractivity contribution in [3.8, 4) is 17.1 Å². The summed E-state index contributed by atoms with van der Waals surface area (Å²) in [7, 11) is 0. The number of fused-ring (bicyclic) bond motifs is 2. The minimum Gasteiger partial charge on any atom is -0.493 e. The Kier molecular flexibility index (Phi) is 4.92. The van der Waals surface area contributed by atoms with Crippen molar-refractivity contribution in [3.63, 3.8) is 0 Å². The van der Waals surface area contributed by atoms with Gasteiger partial charge in [0.05, 0.1) is 40.4 Å². The molecule has 0 unspecified atom stereocenters. The lowest BCUT2D eigenvalue weighted by molar-refractivity contribution is 0.318. The first-order chi connectivity index (χ1) is 15.2. The van der Waals surface area contributed by atoms with Crippen LogP contribution in [0.4, 0.5) is 0 Å². The summed E-state index contributed by atoms with van der Waals surface area (Å²) in [5.41, 5.74) is 3.98. The smallest absolute Gasteiger partial charge is 0.259 e. The van der Waals surface area contributed by atoms with E-state index in [0.717, 1.165) is 28.6 Å². The number of ether oxygens (including phenoxy) is 1. The molecule has 154 valence electrons. The molecule has 7 heteroatoms. The number of hydrogen-bond acceptors (Lipinski definition) is 5. The van der Waals surface area contributed by atoms with Crippen molar-refractivity contribution >= 4 is 21.9 Å². The van der Waals surface area contributed by atoms with E-state index in [4.69, 9.17) is 9.72 Å². The molecule has 5 aromatic rings. The topological polar surface area (TPSA) is 85.7 Å². The number of nitrogens with zero attached hydrogens (tertiary/aromatic N) is 4. The fourth-order valence-electron chi connectivity index (χ4n) is 3.63. The Balaban J connectivity index is 1.63. The number of para-hydroxylation sites is 1. The van der Waals surface area contributed by atoms with Crippen LogP contribution in [0, 0.1) is 0 Å². The number of nitrogens with one attached hydrogen (secondary N) is 1. The molecule has 0 bridgehead atoms. The van der Waals surface area contributed by atoms with Gasteiger partial charge in [-0.3, -0.25) is 9.78 Å². The molecule has 0 fully saturated rings. The van der Waals surface area contributed by atoms with Crippen LogP contribution in [0.15, 0.2) is 72.0 Å². The Bertz CT molecular complexity index is 1420. The van der Waals surface area contributed by atoms with Crippen molar-refractivity contribution < 1.29 is 4.74 Å². The third-order valence-electron chi connectivity index (χ3n) is 5.15. The van der Waals surface area contributed by atoms with Crippen LogP contribution in [0.2, 0.25) is 0 Å². The first-order valence-electron chi connectivity index (χ1n) is 10.2. The molecular weight excluding hydrogens is 390 g/mol. The van der Waals surface area contributed by atoms with Crippen LogP contribution in [0.1, 0.15) is 18.9 Å². The summed E-state index contributed by atoms with van der Waals surface area (Å²) in [5.74, 6) is 1.19. The van der Waals surface area contributed by atoms with E-state index in [1.54, 1.807) is 24.8 Å². The van der Waals surface area contributed by atoms with E-state index in [-0.39, 0.29) is 5.56 Å². The van der Waals surface area contributed by atoms with E-state index in [1.807, 2.05) is 47.0 Å². The average Bonchev–Trinajstić information content (AvgIpc) is 3.19. The first kappa shape index (κ1) is 19.0. The van der Waals surface area contributed by atoms with Crippen LogP contribution in [0.3, 0.4) is 0 Å². The van der Waals surface area contributed by atoms with Gasteiger partial charge in [0.2, 0.25) is 0 Å². The molecule has 1 N–H and O–H groups in total. The molecule has 31 heavy (non-hydrogen) atoms. The van der Waals surface area contributed by atoms with Gasteiger partial charge in [-0.05, 0) is 48.4 Å². The van der Waals surface area contributed by atoms with Gasteiger partial charge in [-0.1, -0.05) is 19.1 Å². The third-order valence-corrected chi connectivity index (χ3v) is 5.15. The lowest BCUT2D eigenvalue weighted by Crippen LogP contribution is -2.10. The van der Waals surface area contributed by atoms with Crippen molar-refractivity contribution in [2.24, 2.45) is 0 Å². The molecule has 5 rings (SSSR count). The van der Waals surface area contributed by atoms with Crippen molar-refractivity contribution in [2.75, 3.05) is 6.61 Å². The third kappa shape index (κ3) is 3.66. The molecule has 2 aromatic carbocycles. The Morgan fingerprint density at radius 1 is 1.06 bits per heavy atom. The molecule has 0 saturated carbocycles. The predicted molar refractivity (Wildman–Crippen MR) is 120 cm³/mol. The highest BCUT2D eigenvalue weighted by Gasteiger charge is 2.13. The molecule has 0 aliphatic rings. The number of benzene rings is 2. The Morgan fingerprint density at radius 2 is 1.90 bits per heavy atom. The van der Waals surface area contributed by atoms with Crippen LogP contribution >= 0.6 is 0 Å². The van der Waals surface area contributed by atoms with E-state index in [9.17, 15) is 4.79 Å². The maximum Gasteiger partial charge on any atom is 0.259 e. The summed E-state index contributed by atoms with van der Waals surface area (Å²) in [6.07, 6.45) is 6.23. The lowest BCUT2D eigenvalue weighted by Gasteiger charge is -2.11. The van der Waals surface area contributed by atoms with Gasteiger partial charge in [-0.15, -0.1) is 0 Å². The van der Waals surface area contributed by atoms with Crippen LogP contribution in [0.5, 0.6) is 5.75 Å². The molecule has 0 spiro atoms. The summed E-state index contributed by atoms with van der Waals surface area (Å²) in [6.45, 7) is 3.32. The largest absolute Gasteiger partial charge is 0.493 e. The minimum atomic E-state index is -0.198. The van der Waals surface area contributed by atoms with Crippen LogP contribution in [0.25, 0.3) is 33.3 Å². The lowest BCUT2D eigenvalue weighted by atomic mass is 10.1. The van der Waals surface area contributed by atoms with Gasteiger partial charge in [0, 0.05) is 18.9 Å². The molecule has 0 radical (unpaired) electrons. The van der Waals surface area contributed by atoms with Crippen LogP contribution in [-0.2, 0) is 6.54 Å². The fraction of sp³-hybridized carbons (Fsp3) is 0.167. The van der Waals surface area contributed by atoms with Gasteiger partial charge >= 0.3 is 0 Å². The zero-order valence-corrected chi connectivity index (χ0v) is 17.1. The van der Waals surface area contributed by atoms with E-state index in [0.29, 0.717) is 35.6 Å².